The van der Waals surface area contributed by atoms with Crippen LogP contribution in [0.3, 0.4) is 0 Å². The van der Waals surface area contributed by atoms with E-state index in [4.69, 9.17) is 9.84 Å². The molecule has 0 spiro atoms. The van der Waals surface area contributed by atoms with Crippen molar-refractivity contribution in [1.29, 1.82) is 0 Å². The normalized spacial score (nSPS) is 21.2. The minimum absolute atomic E-state index is 0. The number of allylic oxidation sites excluding steroid dienone is 2. The van der Waals surface area contributed by atoms with Gasteiger partial charge in [-0.1, -0.05) is 79.2 Å². The van der Waals surface area contributed by atoms with Gasteiger partial charge in [-0.15, -0.1) is 12.4 Å². The second kappa shape index (κ2) is 16.0. The third kappa shape index (κ3) is 9.66. The van der Waals surface area contributed by atoms with Crippen LogP contribution in [0.25, 0.3) is 0 Å². The van der Waals surface area contributed by atoms with Crippen molar-refractivity contribution in [1.82, 2.24) is 10.0 Å². The summed E-state index contributed by atoms with van der Waals surface area (Å²) in [7, 11) is -4.22. The Morgan fingerprint density at radius 2 is 1.65 bits per heavy atom. The van der Waals surface area contributed by atoms with Crippen molar-refractivity contribution in [2.75, 3.05) is 18.8 Å². The number of ether oxygens (including phenoxy) is 1. The highest BCUT2D eigenvalue weighted by molar-refractivity contribution is 7.90. The zero-order chi connectivity index (χ0) is 30.0. The van der Waals surface area contributed by atoms with Crippen molar-refractivity contribution in [3.05, 3.63) is 95.8 Å². The molecule has 0 radical (unpaired) electrons. The van der Waals surface area contributed by atoms with E-state index in [-0.39, 0.29) is 43.9 Å². The van der Waals surface area contributed by atoms with Gasteiger partial charge in [-0.2, -0.15) is 0 Å². The van der Waals surface area contributed by atoms with Crippen molar-refractivity contribution in [2.45, 2.75) is 63.1 Å². The summed E-state index contributed by atoms with van der Waals surface area (Å²) in [5.74, 6) is -2.56. The molecule has 0 saturated heterocycles. The van der Waals surface area contributed by atoms with Gasteiger partial charge >= 0.3 is 5.97 Å². The number of rotatable bonds is 14. The molecule has 0 aromatic heterocycles. The first-order valence-electron chi connectivity index (χ1n) is 14.5. The van der Waals surface area contributed by atoms with E-state index < -0.39 is 45.6 Å². The van der Waals surface area contributed by atoms with Crippen molar-refractivity contribution < 1.29 is 33.0 Å². The van der Waals surface area contributed by atoms with Gasteiger partial charge in [0.25, 0.3) is 5.91 Å². The Morgan fingerprint density at radius 1 is 1.00 bits per heavy atom. The predicted molar refractivity (Wildman–Crippen MR) is 167 cm³/mol. The molecule has 1 saturated carbocycles. The molecule has 0 bridgehead atoms. The molecule has 2 aliphatic rings. The monoisotopic (exact) mass is 632 g/mol. The topological polar surface area (TPSA) is 142 Å². The molecule has 43 heavy (non-hydrogen) atoms. The van der Waals surface area contributed by atoms with Crippen LogP contribution in [0.1, 0.15) is 68.1 Å². The molecular formula is C32H41ClN2O7S. The summed E-state index contributed by atoms with van der Waals surface area (Å²) < 4.78 is 34.2. The Hall–Kier alpha value is -3.18. The maximum Gasteiger partial charge on any atom is 0.304 e. The summed E-state index contributed by atoms with van der Waals surface area (Å²) in [4.78, 5) is 25.0. The Kier molecular flexibility index (Phi) is 12.8. The third-order valence-electron chi connectivity index (χ3n) is 7.85. The number of carboxylic acids is 1. The van der Waals surface area contributed by atoms with Gasteiger partial charge in [0.15, 0.2) is 0 Å². The van der Waals surface area contributed by atoms with Crippen LogP contribution >= 0.6 is 12.4 Å². The summed E-state index contributed by atoms with van der Waals surface area (Å²) in [6, 6.07) is 19.0. The van der Waals surface area contributed by atoms with Gasteiger partial charge in [-0.25, -0.2) is 8.42 Å². The second-order valence-electron chi connectivity index (χ2n) is 11.0. The molecule has 11 heteroatoms. The summed E-state index contributed by atoms with van der Waals surface area (Å²) in [6.07, 6.45) is 8.99. The minimum Gasteiger partial charge on any atom is -0.494 e. The fourth-order valence-electron chi connectivity index (χ4n) is 5.44. The van der Waals surface area contributed by atoms with Crippen molar-refractivity contribution >= 4 is 34.3 Å². The number of amides is 1. The van der Waals surface area contributed by atoms with Gasteiger partial charge in [0.05, 0.1) is 24.4 Å². The lowest BCUT2D eigenvalue weighted by Crippen LogP contribution is -2.48. The first-order chi connectivity index (χ1) is 20.2. The largest absolute Gasteiger partial charge is 0.494 e. The number of halogens is 1. The van der Waals surface area contributed by atoms with E-state index in [0.717, 1.165) is 43.2 Å². The summed E-state index contributed by atoms with van der Waals surface area (Å²) >= 11 is 0. The van der Waals surface area contributed by atoms with E-state index in [1.807, 2.05) is 72.8 Å². The molecule has 4 rings (SSSR count). The fraction of sp³-hybridized carbons (Fsp3) is 0.438. The van der Waals surface area contributed by atoms with Crippen LogP contribution in [0.15, 0.2) is 84.7 Å². The smallest absolute Gasteiger partial charge is 0.304 e. The Balaban J connectivity index is 0.00000506. The zero-order valence-corrected chi connectivity index (χ0v) is 25.7. The Morgan fingerprint density at radius 3 is 2.30 bits per heavy atom. The van der Waals surface area contributed by atoms with Gasteiger partial charge in [0, 0.05) is 12.5 Å². The molecule has 9 nitrogen and oxygen atoms in total. The van der Waals surface area contributed by atoms with Crippen molar-refractivity contribution in [2.24, 2.45) is 5.41 Å². The minimum atomic E-state index is -4.22. The maximum absolute atomic E-state index is 13.9. The van der Waals surface area contributed by atoms with Crippen molar-refractivity contribution in [3.8, 4) is 0 Å². The van der Waals surface area contributed by atoms with Gasteiger partial charge in [-0.05, 0) is 55.9 Å². The Bertz CT molecular complexity index is 1360. The molecule has 1 fully saturated rings. The summed E-state index contributed by atoms with van der Waals surface area (Å²) in [5, 5.41) is 22.8. The van der Waals surface area contributed by atoms with Crippen LogP contribution in [0.5, 0.6) is 0 Å². The number of hydrogen-bond acceptors (Lipinski definition) is 7. The maximum atomic E-state index is 13.9. The van der Waals surface area contributed by atoms with Gasteiger partial charge in [0.2, 0.25) is 10.0 Å². The summed E-state index contributed by atoms with van der Waals surface area (Å²) in [6.45, 7) is 0.510. The molecule has 1 amide bonds. The van der Waals surface area contributed by atoms with Gasteiger partial charge < -0.3 is 20.3 Å². The number of aliphatic carboxylic acids is 1. The SMILES string of the molecule is Cl.O=C(O)CCS(=O)(=O)NC(=O)C1(CCNC[C@H](O)c2ccccc2)C=CC(c2ccccc2)C=C1OC1CCCCC1. The number of carbonyl (C=O) groups is 2. The molecule has 4 N–H and O–H groups in total. The number of nitrogens with one attached hydrogen (secondary N) is 2. The lowest BCUT2D eigenvalue weighted by Gasteiger charge is -2.38. The number of sulfonamides is 1. The van der Waals surface area contributed by atoms with E-state index in [0.29, 0.717) is 5.76 Å². The van der Waals surface area contributed by atoms with Gasteiger partial charge in [0.1, 0.15) is 11.2 Å². The van der Waals surface area contributed by atoms with Gasteiger partial charge in [-0.3, -0.25) is 14.3 Å². The number of carbonyl (C=O) groups excluding carboxylic acids is 1. The average molecular weight is 633 g/mol. The van der Waals surface area contributed by atoms with Crippen LogP contribution in [-0.4, -0.2) is 55.5 Å². The van der Waals surface area contributed by atoms with Crippen molar-refractivity contribution in [3.63, 3.8) is 0 Å². The molecule has 2 unspecified atom stereocenters. The molecular weight excluding hydrogens is 592 g/mol. The van der Waals surface area contributed by atoms with E-state index in [1.54, 1.807) is 6.08 Å². The lowest BCUT2D eigenvalue weighted by molar-refractivity contribution is -0.136. The van der Waals surface area contributed by atoms with Crippen LogP contribution in [0.2, 0.25) is 0 Å². The first-order valence-corrected chi connectivity index (χ1v) is 16.2. The molecule has 3 atom stereocenters. The predicted octanol–water partition coefficient (Wildman–Crippen LogP) is 4.62. The van der Waals surface area contributed by atoms with Crippen LogP contribution in [0.4, 0.5) is 0 Å². The lowest BCUT2D eigenvalue weighted by atomic mass is 9.75. The molecule has 2 aromatic carbocycles. The quantitative estimate of drug-likeness (QED) is 0.175. The van der Waals surface area contributed by atoms with E-state index in [2.05, 4.69) is 10.0 Å². The molecule has 2 aliphatic carbocycles. The van der Waals surface area contributed by atoms with E-state index in [1.165, 1.54) is 0 Å². The Labute approximate surface area is 259 Å². The first kappa shape index (κ1) is 34.3. The number of benzene rings is 2. The summed E-state index contributed by atoms with van der Waals surface area (Å²) in [5.41, 5.74) is 0.307. The molecule has 0 aliphatic heterocycles. The van der Waals surface area contributed by atoms with E-state index in [9.17, 15) is 23.1 Å². The van der Waals surface area contributed by atoms with Crippen LogP contribution < -0.4 is 10.0 Å². The number of carboxylic acid groups (broad SMARTS) is 1. The second-order valence-corrected chi connectivity index (χ2v) is 12.8. The highest BCUT2D eigenvalue weighted by atomic mass is 35.5. The zero-order valence-electron chi connectivity index (χ0n) is 24.1. The molecule has 2 aromatic rings. The van der Waals surface area contributed by atoms with Crippen LogP contribution in [-0.2, 0) is 24.3 Å². The average Bonchev–Trinajstić information content (AvgIpc) is 3.00. The number of aliphatic hydroxyl groups is 1. The standard InChI is InChI=1S/C32H40N2O7S.ClH/c35-28(25-12-6-2-7-13-25)23-33-20-19-32(31(38)34-42(39,40)21-17-30(36)37)18-16-26(24-10-4-1-5-11-24)22-29(32)41-27-14-8-3-9-15-27;/h1-2,4-7,10-13,16,18,22,26-28,33,35H,3,8-9,14-15,17,19-21,23H2,(H,34,38)(H,36,37);1H/t26?,28-,32?;/m0./s1. The molecule has 0 heterocycles. The fourth-order valence-corrected chi connectivity index (χ4v) is 6.45. The highest BCUT2D eigenvalue weighted by Gasteiger charge is 2.45. The number of hydrogen-bond donors (Lipinski definition) is 4. The third-order valence-corrected chi connectivity index (χ3v) is 9.08. The van der Waals surface area contributed by atoms with E-state index >= 15 is 0 Å². The highest BCUT2D eigenvalue weighted by Crippen LogP contribution is 2.43. The number of aliphatic hydroxyl groups excluding tert-OH is 1. The molecule has 234 valence electrons. The van der Waals surface area contributed by atoms with Crippen LogP contribution in [0, 0.1) is 5.41 Å².